The molecule has 0 bridgehead atoms. The van der Waals surface area contributed by atoms with Gasteiger partial charge in [-0.25, -0.2) is 0 Å². The summed E-state index contributed by atoms with van der Waals surface area (Å²) in [5.74, 6) is 0.764. The summed E-state index contributed by atoms with van der Waals surface area (Å²) in [6, 6.07) is 15.5. The summed E-state index contributed by atoms with van der Waals surface area (Å²) in [6.07, 6.45) is 18.2. The molecule has 1 amide bonds. The van der Waals surface area contributed by atoms with Crippen LogP contribution in [0.5, 0.6) is 5.75 Å². The monoisotopic (exact) mass is 521 g/mol. The summed E-state index contributed by atoms with van der Waals surface area (Å²) < 4.78 is 8.08. The van der Waals surface area contributed by atoms with Gasteiger partial charge in [0.1, 0.15) is 5.75 Å². The first-order valence-corrected chi connectivity index (χ1v) is 15.1. The lowest BCUT2D eigenvalue weighted by molar-refractivity contribution is -0.689. The number of thiazole rings is 1. The minimum Gasteiger partial charge on any atom is -0.494 e. The van der Waals surface area contributed by atoms with Crippen molar-refractivity contribution in [3.63, 3.8) is 0 Å². The number of aromatic nitrogens is 1. The minimum absolute atomic E-state index is 0.0887. The topological polar surface area (TPSA) is 42.2 Å². The van der Waals surface area contributed by atoms with Gasteiger partial charge in [-0.3, -0.25) is 4.79 Å². The van der Waals surface area contributed by atoms with E-state index >= 15 is 0 Å². The third kappa shape index (κ3) is 10.7. The first-order valence-electron chi connectivity index (χ1n) is 14.2. The fourth-order valence-corrected chi connectivity index (χ4v) is 5.23. The lowest BCUT2D eigenvalue weighted by Crippen LogP contribution is -2.35. The average Bonchev–Trinajstić information content (AvgIpc) is 3.32. The first-order chi connectivity index (χ1) is 18.2. The molecular formula is C32H45N2O2S+. The molecule has 0 fully saturated rings. The number of unbranched alkanes of at least 4 members (excludes halogenated alkanes) is 11. The number of ether oxygens (including phenoxy) is 1. The van der Waals surface area contributed by atoms with Crippen molar-refractivity contribution < 1.29 is 14.1 Å². The fourth-order valence-electron chi connectivity index (χ4n) is 4.57. The van der Waals surface area contributed by atoms with E-state index in [-0.39, 0.29) is 5.91 Å². The Labute approximate surface area is 228 Å². The van der Waals surface area contributed by atoms with Gasteiger partial charge in [0.25, 0.3) is 5.91 Å². The highest BCUT2D eigenvalue weighted by atomic mass is 32.1. The van der Waals surface area contributed by atoms with Crippen molar-refractivity contribution >= 4 is 22.9 Å². The number of anilines is 1. The van der Waals surface area contributed by atoms with Crippen LogP contribution in [0.25, 0.3) is 0 Å². The molecule has 0 spiro atoms. The number of benzene rings is 2. The van der Waals surface area contributed by atoms with Gasteiger partial charge < -0.3 is 10.1 Å². The van der Waals surface area contributed by atoms with E-state index in [1.807, 2.05) is 48.5 Å². The van der Waals surface area contributed by atoms with E-state index in [2.05, 4.69) is 35.3 Å². The van der Waals surface area contributed by atoms with Crippen molar-refractivity contribution in [1.29, 1.82) is 0 Å². The largest absolute Gasteiger partial charge is 0.494 e. The Kier molecular flexibility index (Phi) is 13.3. The molecule has 0 radical (unpaired) electrons. The fraction of sp³-hybridized carbons (Fsp3) is 0.500. The molecule has 2 aromatic carbocycles. The second kappa shape index (κ2) is 17.0. The smallest absolute Gasteiger partial charge is 0.256 e. The van der Waals surface area contributed by atoms with Crippen LogP contribution in [0.15, 0.2) is 60.1 Å². The van der Waals surface area contributed by atoms with Crippen molar-refractivity contribution in [2.24, 2.45) is 0 Å². The SMILES string of the molecule is CCCCCCCCCCCCCCOc1ccc(NC(=O)c2ccccc2C[n+]2ccsc2C)cc1. The molecule has 5 heteroatoms. The number of aryl methyl sites for hydroxylation is 1. The lowest BCUT2D eigenvalue weighted by atomic mass is 10.1. The Morgan fingerprint density at radius 2 is 1.46 bits per heavy atom. The van der Waals surface area contributed by atoms with Crippen molar-refractivity contribution in [2.75, 3.05) is 11.9 Å². The normalized spacial score (nSPS) is 11.0. The maximum atomic E-state index is 13.0. The number of nitrogens with zero attached hydrogens (tertiary/aromatic N) is 1. The Morgan fingerprint density at radius 3 is 2.08 bits per heavy atom. The Morgan fingerprint density at radius 1 is 0.838 bits per heavy atom. The van der Waals surface area contributed by atoms with Crippen LogP contribution in [-0.4, -0.2) is 12.5 Å². The van der Waals surface area contributed by atoms with Gasteiger partial charge >= 0.3 is 0 Å². The van der Waals surface area contributed by atoms with Gasteiger partial charge in [0, 0.05) is 23.7 Å². The van der Waals surface area contributed by atoms with Crippen molar-refractivity contribution in [3.8, 4) is 5.75 Å². The number of hydrogen-bond donors (Lipinski definition) is 1. The molecule has 1 N–H and O–H groups in total. The van der Waals surface area contributed by atoms with Crippen LogP contribution in [0.4, 0.5) is 5.69 Å². The maximum absolute atomic E-state index is 13.0. The van der Waals surface area contributed by atoms with Gasteiger partial charge in [-0.1, -0.05) is 107 Å². The number of amides is 1. The maximum Gasteiger partial charge on any atom is 0.256 e. The molecule has 0 aliphatic heterocycles. The predicted octanol–water partition coefficient (Wildman–Crippen LogP) is 8.72. The Balaban J connectivity index is 1.31. The zero-order chi connectivity index (χ0) is 26.1. The molecule has 3 rings (SSSR count). The summed E-state index contributed by atoms with van der Waals surface area (Å²) in [7, 11) is 0. The highest BCUT2D eigenvalue weighted by Crippen LogP contribution is 2.19. The van der Waals surface area contributed by atoms with Crippen LogP contribution < -0.4 is 14.6 Å². The molecule has 0 saturated carbocycles. The minimum atomic E-state index is -0.0887. The van der Waals surface area contributed by atoms with E-state index in [4.69, 9.17) is 4.74 Å². The molecule has 3 aromatic rings. The third-order valence-electron chi connectivity index (χ3n) is 6.87. The number of carbonyl (C=O) groups excluding carboxylic acids is 1. The average molecular weight is 522 g/mol. The van der Waals surface area contributed by atoms with Gasteiger partial charge in [0.05, 0.1) is 12.0 Å². The van der Waals surface area contributed by atoms with Crippen LogP contribution in [0.1, 0.15) is 105 Å². The second-order valence-electron chi connectivity index (χ2n) is 9.92. The Bertz CT molecular complexity index is 1040. The van der Waals surface area contributed by atoms with Crippen LogP contribution in [0.3, 0.4) is 0 Å². The van der Waals surface area contributed by atoms with Crippen LogP contribution in [0.2, 0.25) is 0 Å². The van der Waals surface area contributed by atoms with Gasteiger partial charge in [-0.2, -0.15) is 4.57 Å². The number of rotatable bonds is 18. The molecule has 4 nitrogen and oxygen atoms in total. The second-order valence-corrected chi connectivity index (χ2v) is 11.0. The van der Waals surface area contributed by atoms with E-state index in [1.165, 1.54) is 75.6 Å². The van der Waals surface area contributed by atoms with E-state index in [0.29, 0.717) is 12.1 Å². The van der Waals surface area contributed by atoms with Crippen molar-refractivity contribution in [3.05, 3.63) is 76.2 Å². The summed E-state index contributed by atoms with van der Waals surface area (Å²) in [6.45, 7) is 5.80. The van der Waals surface area contributed by atoms with E-state index < -0.39 is 0 Å². The lowest BCUT2D eigenvalue weighted by Gasteiger charge is -2.10. The number of hydrogen-bond acceptors (Lipinski definition) is 3. The van der Waals surface area contributed by atoms with Crippen LogP contribution in [-0.2, 0) is 6.54 Å². The highest BCUT2D eigenvalue weighted by Gasteiger charge is 2.16. The van der Waals surface area contributed by atoms with Crippen molar-refractivity contribution in [2.45, 2.75) is 97.4 Å². The molecule has 1 heterocycles. The highest BCUT2D eigenvalue weighted by molar-refractivity contribution is 7.09. The summed E-state index contributed by atoms with van der Waals surface area (Å²) in [4.78, 5) is 13.0. The van der Waals surface area contributed by atoms with Crippen LogP contribution >= 0.6 is 11.3 Å². The standard InChI is InChI=1S/C32H44N2O2S/c1-3-4-5-6-7-8-9-10-11-12-13-16-24-36-30-21-19-29(20-22-30)33-32(35)31-18-15-14-17-28(31)26-34-23-25-37-27(34)2/h14-15,17-23,25H,3-13,16,24,26H2,1-2H3/p+1. The zero-order valence-corrected chi connectivity index (χ0v) is 23.7. The third-order valence-corrected chi connectivity index (χ3v) is 7.70. The van der Waals surface area contributed by atoms with Gasteiger partial charge in [-0.15, -0.1) is 0 Å². The van der Waals surface area contributed by atoms with E-state index in [0.717, 1.165) is 30.0 Å². The molecule has 0 saturated heterocycles. The van der Waals surface area contributed by atoms with Gasteiger partial charge in [0.15, 0.2) is 12.7 Å². The summed E-state index contributed by atoms with van der Waals surface area (Å²) in [5, 5.41) is 6.32. The summed E-state index contributed by atoms with van der Waals surface area (Å²) in [5.41, 5.74) is 2.48. The molecule has 0 aliphatic rings. The molecule has 37 heavy (non-hydrogen) atoms. The van der Waals surface area contributed by atoms with Crippen LogP contribution in [0, 0.1) is 6.92 Å². The van der Waals surface area contributed by atoms with E-state index in [1.54, 1.807) is 11.3 Å². The molecule has 200 valence electrons. The van der Waals surface area contributed by atoms with Crippen molar-refractivity contribution in [1.82, 2.24) is 0 Å². The molecule has 0 aliphatic carbocycles. The summed E-state index contributed by atoms with van der Waals surface area (Å²) >= 11 is 1.71. The molecular weight excluding hydrogens is 476 g/mol. The van der Waals surface area contributed by atoms with Gasteiger partial charge in [0.2, 0.25) is 5.01 Å². The number of nitrogens with one attached hydrogen (secondary N) is 1. The Hall–Kier alpha value is -2.66. The van der Waals surface area contributed by atoms with Gasteiger partial charge in [-0.05, 0) is 36.8 Å². The molecule has 0 atom stereocenters. The molecule has 0 unspecified atom stereocenters. The quantitative estimate of drug-likeness (QED) is 0.134. The predicted molar refractivity (Wildman–Crippen MR) is 156 cm³/mol. The number of carbonyl (C=O) groups is 1. The van der Waals surface area contributed by atoms with E-state index in [9.17, 15) is 4.79 Å². The molecule has 1 aromatic heterocycles. The zero-order valence-electron chi connectivity index (χ0n) is 22.8. The first kappa shape index (κ1) is 28.9.